The minimum Gasteiger partial charge on any atom is -0.462 e. The lowest BCUT2D eigenvalue weighted by molar-refractivity contribution is -0.167. The highest BCUT2D eigenvalue weighted by atomic mass is 16.6. The molecular formula is C51H98O6. The molecule has 0 N–H and O–H groups in total. The van der Waals surface area contributed by atoms with Crippen molar-refractivity contribution >= 4 is 17.9 Å². The molecule has 0 saturated carbocycles. The van der Waals surface area contributed by atoms with Gasteiger partial charge in [-0.1, -0.05) is 240 Å². The first-order valence-corrected chi connectivity index (χ1v) is 25.3. The van der Waals surface area contributed by atoms with Crippen LogP contribution in [0, 0.1) is 11.8 Å². The summed E-state index contributed by atoms with van der Waals surface area (Å²) in [4.78, 5) is 37.8. The van der Waals surface area contributed by atoms with E-state index in [1.165, 1.54) is 167 Å². The van der Waals surface area contributed by atoms with Gasteiger partial charge in [0.1, 0.15) is 13.2 Å². The van der Waals surface area contributed by atoms with Crippen LogP contribution in [0.4, 0.5) is 0 Å². The molecule has 0 aliphatic heterocycles. The Morgan fingerprint density at radius 3 is 0.912 bits per heavy atom. The van der Waals surface area contributed by atoms with Crippen LogP contribution in [0.15, 0.2) is 0 Å². The van der Waals surface area contributed by atoms with Crippen LogP contribution in [0.3, 0.4) is 0 Å². The minimum absolute atomic E-state index is 0.0645. The van der Waals surface area contributed by atoms with E-state index in [1.807, 2.05) is 0 Å². The minimum atomic E-state index is -0.761. The molecule has 0 rings (SSSR count). The van der Waals surface area contributed by atoms with Gasteiger partial charge >= 0.3 is 17.9 Å². The highest BCUT2D eigenvalue weighted by molar-refractivity contribution is 5.71. The first kappa shape index (κ1) is 55.4. The van der Waals surface area contributed by atoms with E-state index in [4.69, 9.17) is 14.2 Å². The Hall–Kier alpha value is -1.59. The third-order valence-corrected chi connectivity index (χ3v) is 12.2. The molecule has 0 aliphatic rings. The maximum absolute atomic E-state index is 12.8. The zero-order valence-corrected chi connectivity index (χ0v) is 39.0. The molecular weight excluding hydrogens is 709 g/mol. The average molecular weight is 807 g/mol. The van der Waals surface area contributed by atoms with Crippen molar-refractivity contribution in [2.45, 2.75) is 285 Å². The molecule has 6 nitrogen and oxygen atoms in total. The van der Waals surface area contributed by atoms with E-state index in [0.29, 0.717) is 19.3 Å². The van der Waals surface area contributed by atoms with Crippen LogP contribution in [0.5, 0.6) is 0 Å². The quantitative estimate of drug-likeness (QED) is 0.0346. The zero-order chi connectivity index (χ0) is 41.9. The second kappa shape index (κ2) is 44.0. The van der Waals surface area contributed by atoms with Gasteiger partial charge in [-0.2, -0.15) is 0 Å². The molecule has 0 aromatic heterocycles. The molecule has 0 fully saturated rings. The molecule has 0 heterocycles. The summed E-state index contributed by atoms with van der Waals surface area (Å²) >= 11 is 0. The van der Waals surface area contributed by atoms with Crippen molar-refractivity contribution < 1.29 is 28.6 Å². The van der Waals surface area contributed by atoms with Crippen LogP contribution in [-0.4, -0.2) is 37.2 Å². The van der Waals surface area contributed by atoms with E-state index in [0.717, 1.165) is 69.6 Å². The summed E-state index contributed by atoms with van der Waals surface area (Å²) in [6.07, 6.45) is 43.6. The Labute approximate surface area is 355 Å². The molecule has 3 atom stereocenters. The van der Waals surface area contributed by atoms with Crippen molar-refractivity contribution in [2.24, 2.45) is 11.8 Å². The summed E-state index contributed by atoms with van der Waals surface area (Å²) in [6, 6.07) is 0. The number of carbonyl (C=O) groups excluding carboxylic acids is 3. The Morgan fingerprint density at radius 2 is 0.614 bits per heavy atom. The number of hydrogen-bond acceptors (Lipinski definition) is 6. The second-order valence-corrected chi connectivity index (χ2v) is 17.9. The fraction of sp³-hybridized carbons (Fsp3) is 0.941. The van der Waals surface area contributed by atoms with Gasteiger partial charge in [0, 0.05) is 19.3 Å². The summed E-state index contributed by atoms with van der Waals surface area (Å²) in [5, 5.41) is 0. The van der Waals surface area contributed by atoms with E-state index in [2.05, 4.69) is 34.6 Å². The molecule has 0 aromatic rings. The number of ether oxygens (including phenoxy) is 3. The van der Waals surface area contributed by atoms with E-state index >= 15 is 0 Å². The maximum atomic E-state index is 12.8. The smallest absolute Gasteiger partial charge is 0.306 e. The summed E-state index contributed by atoms with van der Waals surface area (Å²) < 4.78 is 16.8. The number of hydrogen-bond donors (Lipinski definition) is 0. The van der Waals surface area contributed by atoms with E-state index in [1.54, 1.807) is 0 Å². The van der Waals surface area contributed by atoms with Crippen molar-refractivity contribution in [1.29, 1.82) is 0 Å². The van der Waals surface area contributed by atoms with Gasteiger partial charge in [-0.15, -0.1) is 0 Å². The SMILES string of the molecule is CCCCCCCCCCCC(=O)OC[C@@H](COC(=O)CCCCCCCCCCC(C)CC)OC(=O)CCCCCCCCCCCCCCCCC(C)CC. The number of rotatable bonds is 45. The lowest BCUT2D eigenvalue weighted by Gasteiger charge is -2.18. The van der Waals surface area contributed by atoms with Crippen LogP contribution in [0.25, 0.3) is 0 Å². The average Bonchev–Trinajstić information content (AvgIpc) is 3.21. The molecule has 57 heavy (non-hydrogen) atoms. The Kier molecular flexibility index (Phi) is 42.7. The Bertz CT molecular complexity index is 874. The van der Waals surface area contributed by atoms with E-state index < -0.39 is 6.10 Å². The fourth-order valence-corrected chi connectivity index (χ4v) is 7.57. The predicted octanol–water partition coefficient (Wildman–Crippen LogP) is 16.1. The summed E-state index contributed by atoms with van der Waals surface area (Å²) in [6.45, 7) is 11.4. The highest BCUT2D eigenvalue weighted by Crippen LogP contribution is 2.18. The summed E-state index contributed by atoms with van der Waals surface area (Å²) in [5.41, 5.74) is 0. The van der Waals surface area contributed by atoms with Crippen LogP contribution in [0.2, 0.25) is 0 Å². The van der Waals surface area contributed by atoms with Crippen molar-refractivity contribution in [3.8, 4) is 0 Å². The number of esters is 3. The number of carbonyl (C=O) groups is 3. The molecule has 338 valence electrons. The van der Waals surface area contributed by atoms with E-state index in [-0.39, 0.29) is 31.1 Å². The first-order chi connectivity index (χ1) is 27.8. The van der Waals surface area contributed by atoms with Crippen LogP contribution in [-0.2, 0) is 28.6 Å². The van der Waals surface area contributed by atoms with Gasteiger partial charge in [0.15, 0.2) is 6.10 Å². The van der Waals surface area contributed by atoms with Crippen LogP contribution >= 0.6 is 0 Å². The lowest BCUT2D eigenvalue weighted by atomic mass is 9.99. The summed E-state index contributed by atoms with van der Waals surface area (Å²) in [7, 11) is 0. The first-order valence-electron chi connectivity index (χ1n) is 25.3. The Balaban J connectivity index is 4.27. The maximum Gasteiger partial charge on any atom is 0.306 e. The van der Waals surface area contributed by atoms with E-state index in [9.17, 15) is 14.4 Å². The van der Waals surface area contributed by atoms with Crippen LogP contribution < -0.4 is 0 Å². The van der Waals surface area contributed by atoms with Gasteiger partial charge < -0.3 is 14.2 Å². The van der Waals surface area contributed by atoms with Crippen LogP contribution in [0.1, 0.15) is 279 Å². The highest BCUT2D eigenvalue weighted by Gasteiger charge is 2.19. The summed E-state index contributed by atoms with van der Waals surface area (Å²) in [5.74, 6) is 0.889. The standard InChI is InChI=1S/C51H98O6/c1-6-9-10-11-12-19-26-31-36-41-49(52)55-44-48(45-56-50(53)42-37-32-27-23-22-25-30-35-40-47(5)8-3)57-51(54)43-38-33-28-21-18-16-14-13-15-17-20-24-29-34-39-46(4)7-2/h46-48H,6-45H2,1-5H3/t46?,47?,48-/m0/s1. The lowest BCUT2D eigenvalue weighted by Crippen LogP contribution is -2.30. The van der Waals surface area contributed by atoms with Crippen molar-refractivity contribution in [3.05, 3.63) is 0 Å². The van der Waals surface area contributed by atoms with Gasteiger partial charge in [0.05, 0.1) is 0 Å². The number of unbranched alkanes of at least 4 members (excludes halogenated alkanes) is 28. The van der Waals surface area contributed by atoms with Gasteiger partial charge in [-0.05, 0) is 31.1 Å². The third-order valence-electron chi connectivity index (χ3n) is 12.2. The Morgan fingerprint density at radius 1 is 0.351 bits per heavy atom. The molecule has 0 spiro atoms. The molecule has 0 radical (unpaired) electrons. The van der Waals surface area contributed by atoms with Crippen molar-refractivity contribution in [1.82, 2.24) is 0 Å². The zero-order valence-electron chi connectivity index (χ0n) is 39.0. The molecule has 2 unspecified atom stereocenters. The topological polar surface area (TPSA) is 78.9 Å². The molecule has 0 bridgehead atoms. The molecule has 0 saturated heterocycles. The largest absolute Gasteiger partial charge is 0.462 e. The monoisotopic (exact) mass is 807 g/mol. The van der Waals surface area contributed by atoms with Gasteiger partial charge in [0.25, 0.3) is 0 Å². The van der Waals surface area contributed by atoms with Gasteiger partial charge in [-0.25, -0.2) is 0 Å². The normalized spacial score (nSPS) is 13.0. The van der Waals surface area contributed by atoms with Gasteiger partial charge in [-0.3, -0.25) is 14.4 Å². The molecule has 0 aromatic carbocycles. The molecule has 6 heteroatoms. The second-order valence-electron chi connectivity index (χ2n) is 17.9. The predicted molar refractivity (Wildman–Crippen MR) is 243 cm³/mol. The van der Waals surface area contributed by atoms with Gasteiger partial charge in [0.2, 0.25) is 0 Å². The fourth-order valence-electron chi connectivity index (χ4n) is 7.57. The molecule has 0 amide bonds. The van der Waals surface area contributed by atoms with Crippen molar-refractivity contribution in [3.63, 3.8) is 0 Å². The molecule has 0 aliphatic carbocycles. The third kappa shape index (κ3) is 42.3. The van der Waals surface area contributed by atoms with Crippen molar-refractivity contribution in [2.75, 3.05) is 13.2 Å².